The van der Waals surface area contributed by atoms with E-state index in [0.717, 1.165) is 90.1 Å². The molecule has 2 amide bonds. The zero-order chi connectivity index (χ0) is 39.7. The van der Waals surface area contributed by atoms with Gasteiger partial charge in [-0.2, -0.15) is 5.10 Å². The van der Waals surface area contributed by atoms with E-state index in [4.69, 9.17) is 9.72 Å². The quantitative estimate of drug-likeness (QED) is 0.0912. The van der Waals surface area contributed by atoms with E-state index < -0.39 is 0 Å². The first-order valence-electron chi connectivity index (χ1n) is 20.5. The molecule has 300 valence electrons. The number of aromatic nitrogens is 3. The summed E-state index contributed by atoms with van der Waals surface area (Å²) in [5.41, 5.74) is 7.48. The Hall–Kier alpha value is -5.17. The molecule has 2 aliphatic rings. The largest absolute Gasteiger partial charge is 0.381 e. The fraction of sp³-hybridized carbons (Fsp3) is 0.422. The van der Waals surface area contributed by atoms with Crippen molar-refractivity contribution in [1.82, 2.24) is 35.6 Å². The summed E-state index contributed by atoms with van der Waals surface area (Å²) < 4.78 is 22.7. The van der Waals surface area contributed by atoms with E-state index in [0.29, 0.717) is 48.9 Å². The number of benzene rings is 3. The van der Waals surface area contributed by atoms with Crippen molar-refractivity contribution in [3.8, 4) is 11.1 Å². The number of likely N-dealkylation sites (tertiary alicyclic amines) is 1. The Labute approximate surface area is 334 Å². The minimum Gasteiger partial charge on any atom is -0.381 e. The highest BCUT2D eigenvalue weighted by molar-refractivity contribution is 6.00. The van der Waals surface area contributed by atoms with Crippen molar-refractivity contribution in [2.45, 2.75) is 91.1 Å². The molecule has 4 heterocycles. The number of hydrogen-bond donors (Lipinski definition) is 4. The number of aryl methyl sites for hydroxylation is 2. The number of amides is 2. The first kappa shape index (κ1) is 40.0. The van der Waals surface area contributed by atoms with Crippen LogP contribution in [0.3, 0.4) is 0 Å². The Morgan fingerprint density at radius 3 is 2.35 bits per heavy atom. The zero-order valence-electron chi connectivity index (χ0n) is 33.4. The summed E-state index contributed by atoms with van der Waals surface area (Å²) in [7, 11) is 0. The molecule has 2 fully saturated rings. The first-order chi connectivity index (χ1) is 27.8. The molecule has 0 aliphatic carbocycles. The van der Waals surface area contributed by atoms with Gasteiger partial charge in [0.1, 0.15) is 5.82 Å². The van der Waals surface area contributed by atoms with Gasteiger partial charge in [0.05, 0.1) is 17.3 Å². The van der Waals surface area contributed by atoms with Gasteiger partial charge in [0.15, 0.2) is 5.65 Å². The van der Waals surface area contributed by atoms with Crippen molar-refractivity contribution in [2.75, 3.05) is 38.2 Å². The summed E-state index contributed by atoms with van der Waals surface area (Å²) >= 11 is 0. The molecule has 2 aromatic heterocycles. The smallest absolute Gasteiger partial charge is 0.251 e. The van der Waals surface area contributed by atoms with Crippen molar-refractivity contribution in [1.29, 1.82) is 0 Å². The molecule has 2 saturated heterocycles. The van der Waals surface area contributed by atoms with E-state index in [9.17, 15) is 9.59 Å². The Morgan fingerprint density at radius 1 is 0.842 bits per heavy atom. The summed E-state index contributed by atoms with van der Waals surface area (Å²) in [6.07, 6.45) is 6.67. The van der Waals surface area contributed by atoms with E-state index in [1.54, 1.807) is 36.4 Å². The highest BCUT2D eigenvalue weighted by atomic mass is 19.1. The Kier molecular flexibility index (Phi) is 13.2. The van der Waals surface area contributed by atoms with Gasteiger partial charge in [-0.3, -0.25) is 9.59 Å². The van der Waals surface area contributed by atoms with Crippen molar-refractivity contribution < 1.29 is 18.7 Å². The van der Waals surface area contributed by atoms with Crippen LogP contribution < -0.4 is 21.3 Å². The fourth-order valence-corrected chi connectivity index (χ4v) is 7.98. The lowest BCUT2D eigenvalue weighted by Crippen LogP contribution is -2.45. The molecule has 57 heavy (non-hydrogen) atoms. The highest BCUT2D eigenvalue weighted by Crippen LogP contribution is 2.31. The lowest BCUT2D eigenvalue weighted by atomic mass is 9.99. The summed E-state index contributed by atoms with van der Waals surface area (Å²) in [5, 5.41) is 19.0. The number of nitrogens with zero attached hydrogens (tertiary/aromatic N) is 4. The van der Waals surface area contributed by atoms with Crippen LogP contribution in [0.1, 0.15) is 89.6 Å². The molecule has 1 atom stereocenters. The van der Waals surface area contributed by atoms with Gasteiger partial charge in [-0.25, -0.2) is 14.1 Å². The molecule has 4 N–H and O–H groups in total. The number of ether oxygens (including phenoxy) is 1. The van der Waals surface area contributed by atoms with Crippen LogP contribution in [0.2, 0.25) is 0 Å². The maximum Gasteiger partial charge on any atom is 0.251 e. The predicted octanol–water partition coefficient (Wildman–Crippen LogP) is 6.84. The third-order valence-electron chi connectivity index (χ3n) is 11.3. The standard InChI is InChI=1S/C45H55FN8O3/c1-4-41-38(42(51-35-17-20-57-21-18-35)39-28-50-54(6-3)43(39)52-41)27-49-45(56)34-13-8-12-33(24-34)44(55)48-26-31-15-16-40(46)37(23-31)32-11-7-10-30(22-32)25-47-36-14-9-19-53(5-2)29-36/h7-8,10-13,15-16,22-24,28,35-36,47H,4-6,9,14,17-21,25-27,29H2,1-3H3,(H,48,55)(H,49,56)(H,51,52). The molecule has 0 radical (unpaired) electrons. The number of piperidine rings is 1. The van der Waals surface area contributed by atoms with Crippen LogP contribution in [-0.4, -0.2) is 76.4 Å². The molecule has 7 rings (SSSR count). The van der Waals surface area contributed by atoms with E-state index in [-0.39, 0.29) is 36.8 Å². The SMILES string of the molecule is CCc1nc2c(cnn2CC)c(NC2CCOCC2)c1CNC(=O)c1cccc(C(=O)NCc2ccc(F)c(-c3cccc(CNC4CCCN(CC)C4)c3)c2)c1. The van der Waals surface area contributed by atoms with Crippen LogP contribution in [0.4, 0.5) is 10.1 Å². The third kappa shape index (κ3) is 9.69. The molecule has 1 unspecified atom stereocenters. The van der Waals surface area contributed by atoms with Gasteiger partial charge in [0.2, 0.25) is 0 Å². The molecular weight excluding hydrogens is 720 g/mol. The average molecular weight is 775 g/mol. The molecule has 12 heteroatoms. The predicted molar refractivity (Wildman–Crippen MR) is 223 cm³/mol. The molecule has 2 aliphatic heterocycles. The fourth-order valence-electron chi connectivity index (χ4n) is 7.98. The van der Waals surface area contributed by atoms with Crippen molar-refractivity contribution in [2.24, 2.45) is 0 Å². The summed E-state index contributed by atoms with van der Waals surface area (Å²) in [6.45, 7) is 12.9. The minimum atomic E-state index is -0.327. The number of fused-ring (bicyclic) bond motifs is 1. The minimum absolute atomic E-state index is 0.201. The van der Waals surface area contributed by atoms with Crippen LogP contribution in [0.25, 0.3) is 22.2 Å². The van der Waals surface area contributed by atoms with Crippen LogP contribution >= 0.6 is 0 Å². The van der Waals surface area contributed by atoms with Crippen LogP contribution in [0.5, 0.6) is 0 Å². The number of hydrogen-bond acceptors (Lipinski definition) is 8. The summed E-state index contributed by atoms with van der Waals surface area (Å²) in [4.78, 5) is 34.4. The van der Waals surface area contributed by atoms with Gasteiger partial charge in [-0.1, -0.05) is 44.2 Å². The zero-order valence-corrected chi connectivity index (χ0v) is 33.4. The van der Waals surface area contributed by atoms with E-state index >= 15 is 4.39 Å². The molecule has 11 nitrogen and oxygen atoms in total. The summed E-state index contributed by atoms with van der Waals surface area (Å²) in [5.74, 6) is -0.939. The lowest BCUT2D eigenvalue weighted by Gasteiger charge is -2.32. The van der Waals surface area contributed by atoms with Gasteiger partial charge in [0, 0.05) is 86.0 Å². The van der Waals surface area contributed by atoms with Crippen molar-refractivity contribution in [3.05, 3.63) is 112 Å². The molecule has 0 bridgehead atoms. The number of pyridine rings is 1. The van der Waals surface area contributed by atoms with Gasteiger partial charge in [-0.15, -0.1) is 0 Å². The number of nitrogens with one attached hydrogen (secondary N) is 4. The maximum atomic E-state index is 15.2. The van der Waals surface area contributed by atoms with E-state index in [1.807, 2.05) is 36.0 Å². The second-order valence-corrected chi connectivity index (χ2v) is 15.1. The Bertz CT molecular complexity index is 2180. The van der Waals surface area contributed by atoms with Crippen LogP contribution in [0, 0.1) is 5.82 Å². The molecular formula is C45H55FN8O3. The van der Waals surface area contributed by atoms with Crippen LogP contribution in [0.15, 0.2) is 72.9 Å². The Balaban J connectivity index is 0.997. The normalized spacial score (nSPS) is 16.5. The number of halogens is 1. The number of carbonyl (C=O) groups is 2. The number of anilines is 1. The number of carbonyl (C=O) groups excluding carboxylic acids is 2. The average Bonchev–Trinajstić information content (AvgIpc) is 3.68. The molecule has 3 aromatic carbocycles. The van der Waals surface area contributed by atoms with Gasteiger partial charge >= 0.3 is 0 Å². The first-order valence-corrected chi connectivity index (χ1v) is 20.5. The monoisotopic (exact) mass is 774 g/mol. The van der Waals surface area contributed by atoms with Gasteiger partial charge in [0.25, 0.3) is 11.8 Å². The van der Waals surface area contributed by atoms with Gasteiger partial charge in [-0.05, 0) is 105 Å². The second-order valence-electron chi connectivity index (χ2n) is 15.1. The topological polar surface area (TPSA) is 125 Å². The van der Waals surface area contributed by atoms with E-state index in [2.05, 4.69) is 51.2 Å². The molecule has 0 saturated carbocycles. The van der Waals surface area contributed by atoms with Gasteiger partial charge < -0.3 is 30.9 Å². The molecule has 0 spiro atoms. The molecule has 5 aromatic rings. The Morgan fingerprint density at radius 2 is 1.60 bits per heavy atom. The lowest BCUT2D eigenvalue weighted by molar-refractivity contribution is 0.0904. The van der Waals surface area contributed by atoms with Crippen LogP contribution in [-0.2, 0) is 37.3 Å². The van der Waals surface area contributed by atoms with E-state index in [1.165, 1.54) is 12.5 Å². The second kappa shape index (κ2) is 18.8. The summed E-state index contributed by atoms with van der Waals surface area (Å²) in [6, 6.07) is 20.3. The highest BCUT2D eigenvalue weighted by Gasteiger charge is 2.23. The number of rotatable bonds is 15. The van der Waals surface area contributed by atoms with Crippen molar-refractivity contribution >= 4 is 28.5 Å². The number of likely N-dealkylation sites (N-methyl/N-ethyl adjacent to an activating group) is 1. The maximum absolute atomic E-state index is 15.2. The van der Waals surface area contributed by atoms with Crippen molar-refractivity contribution in [3.63, 3.8) is 0 Å². The third-order valence-corrected chi connectivity index (χ3v) is 11.3.